The minimum atomic E-state index is -0.584. The van der Waals surface area contributed by atoms with Crippen molar-refractivity contribution in [2.45, 2.75) is 46.2 Å². The van der Waals surface area contributed by atoms with Crippen LogP contribution >= 0.6 is 15.9 Å². The van der Waals surface area contributed by atoms with Gasteiger partial charge in [-0.15, -0.1) is 0 Å². The van der Waals surface area contributed by atoms with Crippen molar-refractivity contribution in [2.24, 2.45) is 11.8 Å². The van der Waals surface area contributed by atoms with Crippen molar-refractivity contribution in [1.82, 2.24) is 15.5 Å². The second-order valence-corrected chi connectivity index (χ2v) is 9.21. The molecule has 29 heavy (non-hydrogen) atoms. The lowest BCUT2D eigenvalue weighted by Crippen LogP contribution is -2.54. The van der Waals surface area contributed by atoms with Crippen molar-refractivity contribution < 1.29 is 14.3 Å². The number of amides is 2. The van der Waals surface area contributed by atoms with Crippen molar-refractivity contribution in [1.29, 1.82) is 0 Å². The summed E-state index contributed by atoms with van der Waals surface area (Å²) >= 11 is 3.40. The Morgan fingerprint density at radius 2 is 1.79 bits per heavy atom. The number of ether oxygens (including phenoxy) is 1. The molecule has 0 aliphatic carbocycles. The Morgan fingerprint density at radius 1 is 1.14 bits per heavy atom. The van der Waals surface area contributed by atoms with Gasteiger partial charge in [0.05, 0.1) is 18.8 Å². The lowest BCUT2D eigenvalue weighted by atomic mass is 10.00. The molecule has 1 aromatic rings. The maximum absolute atomic E-state index is 12.9. The molecule has 0 radical (unpaired) electrons. The van der Waals surface area contributed by atoms with Crippen LogP contribution in [0.2, 0.25) is 0 Å². The molecule has 2 unspecified atom stereocenters. The zero-order chi connectivity index (χ0) is 21.4. The fourth-order valence-electron chi connectivity index (χ4n) is 3.58. The topological polar surface area (TPSA) is 70.7 Å². The molecule has 2 atom stereocenters. The molecule has 0 aromatic heterocycles. The fraction of sp³-hybridized carbons (Fsp3) is 0.636. The van der Waals surface area contributed by atoms with Crippen LogP contribution in [0.3, 0.4) is 0 Å². The number of nitrogens with zero attached hydrogens (tertiary/aromatic N) is 1. The van der Waals surface area contributed by atoms with Gasteiger partial charge in [-0.25, -0.2) is 0 Å². The summed E-state index contributed by atoms with van der Waals surface area (Å²) in [6, 6.07) is 6.91. The first-order chi connectivity index (χ1) is 13.8. The molecule has 1 heterocycles. The predicted octanol–water partition coefficient (Wildman–Crippen LogP) is 3.07. The van der Waals surface area contributed by atoms with E-state index in [0.717, 1.165) is 32.7 Å². The highest BCUT2D eigenvalue weighted by molar-refractivity contribution is 9.10. The Morgan fingerprint density at radius 3 is 2.38 bits per heavy atom. The molecular weight excluding hydrogens is 434 g/mol. The van der Waals surface area contributed by atoms with Gasteiger partial charge in [-0.3, -0.25) is 14.5 Å². The third-order valence-corrected chi connectivity index (χ3v) is 5.86. The minimum absolute atomic E-state index is 0.0200. The lowest BCUT2D eigenvalue weighted by molar-refractivity contribution is -0.124. The van der Waals surface area contributed by atoms with E-state index in [0.29, 0.717) is 22.5 Å². The van der Waals surface area contributed by atoms with E-state index in [1.807, 2.05) is 32.0 Å². The zero-order valence-electron chi connectivity index (χ0n) is 17.9. The number of morpholine rings is 1. The molecule has 2 amide bonds. The monoisotopic (exact) mass is 467 g/mol. The average molecular weight is 468 g/mol. The van der Waals surface area contributed by atoms with E-state index in [4.69, 9.17) is 4.74 Å². The summed E-state index contributed by atoms with van der Waals surface area (Å²) in [7, 11) is 0. The third kappa shape index (κ3) is 7.39. The van der Waals surface area contributed by atoms with Crippen LogP contribution in [0.4, 0.5) is 0 Å². The van der Waals surface area contributed by atoms with Crippen LogP contribution in [0.25, 0.3) is 0 Å². The van der Waals surface area contributed by atoms with Gasteiger partial charge in [0.1, 0.15) is 6.04 Å². The van der Waals surface area contributed by atoms with E-state index in [2.05, 4.69) is 45.3 Å². The molecule has 0 saturated carbocycles. The predicted molar refractivity (Wildman–Crippen MR) is 119 cm³/mol. The van der Waals surface area contributed by atoms with Gasteiger partial charge >= 0.3 is 0 Å². The lowest BCUT2D eigenvalue weighted by Gasteiger charge is -2.36. The van der Waals surface area contributed by atoms with Crippen molar-refractivity contribution >= 4 is 27.7 Å². The van der Waals surface area contributed by atoms with E-state index in [1.165, 1.54) is 0 Å². The molecule has 162 valence electrons. The normalized spacial score (nSPS) is 17.2. The molecular formula is C22H34BrN3O3. The van der Waals surface area contributed by atoms with Crippen molar-refractivity contribution in [2.75, 3.05) is 32.8 Å². The van der Waals surface area contributed by atoms with Crippen LogP contribution in [0.5, 0.6) is 0 Å². The Bertz CT molecular complexity index is 675. The smallest absolute Gasteiger partial charge is 0.253 e. The molecule has 1 saturated heterocycles. The summed E-state index contributed by atoms with van der Waals surface area (Å²) < 4.78 is 6.18. The Labute approximate surface area is 182 Å². The van der Waals surface area contributed by atoms with Crippen LogP contribution in [-0.4, -0.2) is 61.6 Å². The highest BCUT2D eigenvalue weighted by Crippen LogP contribution is 2.17. The summed E-state index contributed by atoms with van der Waals surface area (Å²) in [5, 5.41) is 5.99. The number of carbonyl (C=O) groups excluding carboxylic acids is 2. The SMILES string of the molecule is CC(C)CC(CNC(=O)C(NC(=O)c1ccccc1Br)C(C)C)N1CCOCC1. The summed E-state index contributed by atoms with van der Waals surface area (Å²) in [6.07, 6.45) is 1.01. The molecule has 2 N–H and O–H groups in total. The van der Waals surface area contributed by atoms with Gasteiger partial charge in [0, 0.05) is 30.1 Å². The van der Waals surface area contributed by atoms with Crippen LogP contribution in [0.1, 0.15) is 44.5 Å². The fourth-order valence-corrected chi connectivity index (χ4v) is 4.04. The molecule has 0 spiro atoms. The number of halogens is 1. The average Bonchev–Trinajstić information content (AvgIpc) is 2.69. The maximum Gasteiger partial charge on any atom is 0.253 e. The van der Waals surface area contributed by atoms with E-state index >= 15 is 0 Å². The second kappa shape index (κ2) is 11.7. The Hall–Kier alpha value is -1.44. The molecule has 1 aromatic carbocycles. The number of hydrogen-bond acceptors (Lipinski definition) is 4. The summed E-state index contributed by atoms with van der Waals surface area (Å²) in [6.45, 7) is 12.1. The summed E-state index contributed by atoms with van der Waals surface area (Å²) in [4.78, 5) is 28.0. The standard InChI is InChI=1S/C22H34BrN3O3/c1-15(2)13-17(26-9-11-29-12-10-26)14-24-22(28)20(16(3)4)25-21(27)18-7-5-6-8-19(18)23/h5-8,15-17,20H,9-14H2,1-4H3,(H,24,28)(H,25,27). The van der Waals surface area contributed by atoms with E-state index in [-0.39, 0.29) is 23.8 Å². The van der Waals surface area contributed by atoms with Gasteiger partial charge in [-0.2, -0.15) is 0 Å². The molecule has 2 rings (SSSR count). The first-order valence-corrected chi connectivity index (χ1v) is 11.2. The molecule has 7 heteroatoms. The third-order valence-electron chi connectivity index (χ3n) is 5.17. The zero-order valence-corrected chi connectivity index (χ0v) is 19.5. The highest BCUT2D eigenvalue weighted by Gasteiger charge is 2.27. The largest absolute Gasteiger partial charge is 0.379 e. The van der Waals surface area contributed by atoms with Crippen molar-refractivity contribution in [3.63, 3.8) is 0 Å². The van der Waals surface area contributed by atoms with Gasteiger partial charge in [-0.05, 0) is 46.3 Å². The Kier molecular flexibility index (Phi) is 9.59. The van der Waals surface area contributed by atoms with Crippen LogP contribution in [0.15, 0.2) is 28.7 Å². The first kappa shape index (κ1) is 23.8. The van der Waals surface area contributed by atoms with Gasteiger partial charge in [0.15, 0.2) is 0 Å². The molecule has 1 fully saturated rings. The van der Waals surface area contributed by atoms with Crippen molar-refractivity contribution in [3.8, 4) is 0 Å². The van der Waals surface area contributed by atoms with Gasteiger partial charge in [-0.1, -0.05) is 39.8 Å². The number of nitrogens with one attached hydrogen (secondary N) is 2. The number of benzene rings is 1. The first-order valence-electron chi connectivity index (χ1n) is 10.4. The van der Waals surface area contributed by atoms with Crippen LogP contribution in [-0.2, 0) is 9.53 Å². The number of hydrogen-bond donors (Lipinski definition) is 2. The number of carbonyl (C=O) groups is 2. The second-order valence-electron chi connectivity index (χ2n) is 8.35. The quantitative estimate of drug-likeness (QED) is 0.585. The minimum Gasteiger partial charge on any atom is -0.379 e. The van der Waals surface area contributed by atoms with Crippen LogP contribution in [0, 0.1) is 11.8 Å². The van der Waals surface area contributed by atoms with Gasteiger partial charge in [0.2, 0.25) is 5.91 Å². The summed E-state index contributed by atoms with van der Waals surface area (Å²) in [5.41, 5.74) is 0.525. The molecule has 1 aliphatic heterocycles. The molecule has 6 nitrogen and oxygen atoms in total. The highest BCUT2D eigenvalue weighted by atomic mass is 79.9. The molecule has 0 bridgehead atoms. The Balaban J connectivity index is 2.00. The van der Waals surface area contributed by atoms with E-state index in [9.17, 15) is 9.59 Å². The van der Waals surface area contributed by atoms with E-state index in [1.54, 1.807) is 6.07 Å². The van der Waals surface area contributed by atoms with E-state index < -0.39 is 6.04 Å². The van der Waals surface area contributed by atoms with Gasteiger partial charge in [0.25, 0.3) is 5.91 Å². The van der Waals surface area contributed by atoms with Crippen molar-refractivity contribution in [3.05, 3.63) is 34.3 Å². The molecule has 1 aliphatic rings. The van der Waals surface area contributed by atoms with Gasteiger partial charge < -0.3 is 15.4 Å². The summed E-state index contributed by atoms with van der Waals surface area (Å²) in [5.74, 6) is 0.129. The maximum atomic E-state index is 12.9. The number of rotatable bonds is 9. The van der Waals surface area contributed by atoms with Crippen LogP contribution < -0.4 is 10.6 Å².